The number of rotatable bonds is 5. The van der Waals surface area contributed by atoms with Gasteiger partial charge in [-0.3, -0.25) is 0 Å². The Morgan fingerprint density at radius 3 is 2.53 bits per heavy atom. The summed E-state index contributed by atoms with van der Waals surface area (Å²) in [7, 11) is 1.25. The van der Waals surface area contributed by atoms with E-state index in [-0.39, 0.29) is 18.3 Å². The standard InChI is InChI=1S/C13H24O6/c1-5-9(8(3)14)11-7(2)10(15)6-13(18-4,19-11)12(16)17/h7-11,14-15H,5-6H2,1-4H3,(H,16,17). The topological polar surface area (TPSA) is 96.2 Å². The number of hydrogen-bond donors (Lipinski definition) is 3. The highest BCUT2D eigenvalue weighted by Gasteiger charge is 2.53. The lowest BCUT2D eigenvalue weighted by Gasteiger charge is -2.46. The van der Waals surface area contributed by atoms with E-state index in [1.165, 1.54) is 7.11 Å². The third-order valence-corrected chi connectivity index (χ3v) is 4.10. The third-order valence-electron chi connectivity index (χ3n) is 4.10. The minimum absolute atomic E-state index is 0.118. The summed E-state index contributed by atoms with van der Waals surface area (Å²) < 4.78 is 10.6. The zero-order valence-electron chi connectivity index (χ0n) is 11.9. The molecule has 6 nitrogen and oxygen atoms in total. The minimum atomic E-state index is -1.83. The molecular weight excluding hydrogens is 252 g/mol. The van der Waals surface area contributed by atoms with Crippen molar-refractivity contribution in [3.05, 3.63) is 0 Å². The number of carboxylic acid groups (broad SMARTS) is 1. The Morgan fingerprint density at radius 1 is 1.58 bits per heavy atom. The van der Waals surface area contributed by atoms with Gasteiger partial charge in [-0.15, -0.1) is 0 Å². The summed E-state index contributed by atoms with van der Waals surface area (Å²) in [5.41, 5.74) is 0. The van der Waals surface area contributed by atoms with Gasteiger partial charge in [-0.05, 0) is 13.3 Å². The third kappa shape index (κ3) is 3.08. The molecule has 0 bridgehead atoms. The first kappa shape index (κ1) is 16.4. The fraction of sp³-hybridized carbons (Fsp3) is 0.923. The van der Waals surface area contributed by atoms with Gasteiger partial charge in [0.1, 0.15) is 0 Å². The Kier molecular flexibility index (Phi) is 5.32. The van der Waals surface area contributed by atoms with Crippen molar-refractivity contribution in [3.8, 4) is 0 Å². The van der Waals surface area contributed by atoms with Gasteiger partial charge in [-0.2, -0.15) is 0 Å². The monoisotopic (exact) mass is 276 g/mol. The van der Waals surface area contributed by atoms with Crippen LogP contribution >= 0.6 is 0 Å². The van der Waals surface area contributed by atoms with Gasteiger partial charge >= 0.3 is 5.97 Å². The zero-order chi connectivity index (χ0) is 14.8. The smallest absolute Gasteiger partial charge is 0.364 e. The van der Waals surface area contributed by atoms with Crippen molar-refractivity contribution in [1.29, 1.82) is 0 Å². The van der Waals surface area contributed by atoms with Crippen molar-refractivity contribution < 1.29 is 29.6 Å². The van der Waals surface area contributed by atoms with Gasteiger partial charge in [0.15, 0.2) is 0 Å². The molecule has 0 spiro atoms. The van der Waals surface area contributed by atoms with E-state index in [2.05, 4.69) is 0 Å². The normalized spacial score (nSPS) is 38.7. The SMILES string of the molecule is CCC(C(C)O)C1OC(OC)(C(=O)O)CC(O)C1C. The van der Waals surface area contributed by atoms with Crippen LogP contribution in [0.4, 0.5) is 0 Å². The summed E-state index contributed by atoms with van der Waals surface area (Å²) in [6.07, 6.45) is -1.55. The van der Waals surface area contributed by atoms with Crippen LogP contribution in [0, 0.1) is 11.8 Å². The molecule has 0 aliphatic carbocycles. The van der Waals surface area contributed by atoms with Gasteiger partial charge in [0.05, 0.1) is 18.3 Å². The molecule has 6 unspecified atom stereocenters. The van der Waals surface area contributed by atoms with Gasteiger partial charge in [0.25, 0.3) is 5.79 Å². The highest BCUT2D eigenvalue weighted by atomic mass is 16.7. The molecule has 0 radical (unpaired) electrons. The van der Waals surface area contributed by atoms with Gasteiger partial charge in [0, 0.05) is 25.4 Å². The summed E-state index contributed by atoms with van der Waals surface area (Å²) >= 11 is 0. The molecule has 112 valence electrons. The number of hydrogen-bond acceptors (Lipinski definition) is 5. The van der Waals surface area contributed by atoms with Crippen LogP contribution in [0.5, 0.6) is 0 Å². The average molecular weight is 276 g/mol. The maximum atomic E-state index is 11.4. The summed E-state index contributed by atoms with van der Waals surface area (Å²) in [4.78, 5) is 11.4. The first-order valence-electron chi connectivity index (χ1n) is 6.61. The van der Waals surface area contributed by atoms with Gasteiger partial charge < -0.3 is 24.8 Å². The Hall–Kier alpha value is -0.690. The van der Waals surface area contributed by atoms with E-state index in [1.54, 1.807) is 13.8 Å². The lowest BCUT2D eigenvalue weighted by Crippen LogP contribution is -2.58. The highest BCUT2D eigenvalue weighted by Crippen LogP contribution is 2.38. The zero-order valence-corrected chi connectivity index (χ0v) is 11.9. The average Bonchev–Trinajstić information content (AvgIpc) is 2.34. The van der Waals surface area contributed by atoms with Gasteiger partial charge in [-0.25, -0.2) is 4.79 Å². The molecule has 0 aromatic rings. The van der Waals surface area contributed by atoms with Crippen molar-refractivity contribution >= 4 is 5.97 Å². The molecule has 0 amide bonds. The van der Waals surface area contributed by atoms with E-state index in [9.17, 15) is 20.1 Å². The molecule has 0 aromatic heterocycles. The predicted octanol–water partition coefficient (Wildman–Crippen LogP) is 0.607. The molecule has 1 aliphatic heterocycles. The molecule has 1 rings (SSSR count). The minimum Gasteiger partial charge on any atom is -0.477 e. The molecule has 0 aromatic carbocycles. The number of aliphatic carboxylic acids is 1. The molecule has 6 atom stereocenters. The first-order chi connectivity index (χ1) is 8.79. The lowest BCUT2D eigenvalue weighted by atomic mass is 9.79. The van der Waals surface area contributed by atoms with Crippen LogP contribution in [0.1, 0.15) is 33.6 Å². The summed E-state index contributed by atoms with van der Waals surface area (Å²) in [5, 5.41) is 29.2. The second-order valence-corrected chi connectivity index (χ2v) is 5.29. The van der Waals surface area contributed by atoms with E-state index in [1.807, 2.05) is 6.92 Å². The second kappa shape index (κ2) is 6.17. The predicted molar refractivity (Wildman–Crippen MR) is 67.5 cm³/mol. The maximum absolute atomic E-state index is 11.4. The highest BCUT2D eigenvalue weighted by molar-refractivity contribution is 5.75. The molecule has 1 heterocycles. The molecule has 6 heteroatoms. The number of ether oxygens (including phenoxy) is 2. The van der Waals surface area contributed by atoms with Crippen molar-refractivity contribution in [2.24, 2.45) is 11.8 Å². The maximum Gasteiger partial charge on any atom is 0.364 e. The lowest BCUT2D eigenvalue weighted by molar-refractivity contribution is -0.304. The Morgan fingerprint density at radius 2 is 2.16 bits per heavy atom. The fourth-order valence-corrected chi connectivity index (χ4v) is 2.74. The Labute approximate surface area is 113 Å². The molecular formula is C13H24O6. The van der Waals surface area contributed by atoms with Crippen LogP contribution in [0.15, 0.2) is 0 Å². The summed E-state index contributed by atoms with van der Waals surface area (Å²) in [6, 6.07) is 0. The van der Waals surface area contributed by atoms with E-state index >= 15 is 0 Å². The molecule has 1 aliphatic rings. The summed E-state index contributed by atoms with van der Waals surface area (Å²) in [5.74, 6) is -3.61. The largest absolute Gasteiger partial charge is 0.477 e. The second-order valence-electron chi connectivity index (χ2n) is 5.29. The van der Waals surface area contributed by atoms with E-state index < -0.39 is 30.1 Å². The summed E-state index contributed by atoms with van der Waals surface area (Å²) in [6.45, 7) is 5.33. The number of methoxy groups -OCH3 is 1. The number of carboxylic acids is 1. The number of aliphatic hydroxyl groups excluding tert-OH is 2. The van der Waals surface area contributed by atoms with Crippen molar-refractivity contribution in [2.75, 3.05) is 7.11 Å². The van der Waals surface area contributed by atoms with Gasteiger partial charge in [-0.1, -0.05) is 13.8 Å². The van der Waals surface area contributed by atoms with Crippen molar-refractivity contribution in [2.45, 2.75) is 57.7 Å². The van der Waals surface area contributed by atoms with Crippen LogP contribution in [0.2, 0.25) is 0 Å². The molecule has 1 fully saturated rings. The van der Waals surface area contributed by atoms with Crippen LogP contribution in [-0.2, 0) is 14.3 Å². The van der Waals surface area contributed by atoms with E-state index in [0.717, 1.165) is 0 Å². The van der Waals surface area contributed by atoms with Crippen LogP contribution < -0.4 is 0 Å². The van der Waals surface area contributed by atoms with Crippen LogP contribution in [0.3, 0.4) is 0 Å². The molecule has 19 heavy (non-hydrogen) atoms. The number of aliphatic hydroxyl groups is 2. The van der Waals surface area contributed by atoms with Gasteiger partial charge in [0.2, 0.25) is 0 Å². The molecule has 1 saturated heterocycles. The van der Waals surface area contributed by atoms with Crippen LogP contribution in [0.25, 0.3) is 0 Å². The fourth-order valence-electron chi connectivity index (χ4n) is 2.74. The quantitative estimate of drug-likeness (QED) is 0.680. The van der Waals surface area contributed by atoms with E-state index in [4.69, 9.17) is 9.47 Å². The van der Waals surface area contributed by atoms with E-state index in [0.29, 0.717) is 6.42 Å². The van der Waals surface area contributed by atoms with Crippen LogP contribution in [-0.4, -0.2) is 52.5 Å². The van der Waals surface area contributed by atoms with Crippen molar-refractivity contribution in [1.82, 2.24) is 0 Å². The molecule has 0 saturated carbocycles. The number of carbonyl (C=O) groups is 1. The van der Waals surface area contributed by atoms with Crippen molar-refractivity contribution in [3.63, 3.8) is 0 Å². The Balaban J connectivity index is 3.05. The molecule has 3 N–H and O–H groups in total. The first-order valence-corrected chi connectivity index (χ1v) is 6.61. The Bertz CT molecular complexity index is 318.